The second-order valence-corrected chi connectivity index (χ2v) is 5.11. The minimum atomic E-state index is -2.95. The van der Waals surface area contributed by atoms with Crippen LogP contribution in [0, 0.1) is 12.7 Å². The van der Waals surface area contributed by atoms with Crippen LogP contribution in [0.2, 0.25) is 0 Å². The highest BCUT2D eigenvalue weighted by atomic mass is 19.3. The van der Waals surface area contributed by atoms with Crippen molar-refractivity contribution in [2.24, 2.45) is 10.7 Å². The summed E-state index contributed by atoms with van der Waals surface area (Å²) in [6.45, 7) is 1.32. The average Bonchev–Trinajstić information content (AvgIpc) is 3.01. The van der Waals surface area contributed by atoms with E-state index in [4.69, 9.17) is 20.6 Å². The highest BCUT2D eigenvalue weighted by molar-refractivity contribution is 5.82. The Hall–Kier alpha value is -2.55. The van der Waals surface area contributed by atoms with Gasteiger partial charge in [-0.2, -0.15) is 0 Å². The van der Waals surface area contributed by atoms with Crippen molar-refractivity contribution in [3.8, 4) is 0 Å². The number of aliphatic imine (C=N–C) groups is 1. The summed E-state index contributed by atoms with van der Waals surface area (Å²) in [5.41, 5.74) is 8.65. The zero-order chi connectivity index (χ0) is 17.7. The number of rotatable bonds is 2. The number of ether oxygens (including phenoxy) is 1. The Bertz CT molecular complexity index is 707. The number of hydrogen-bond donors (Lipinski definition) is 2. The lowest BCUT2D eigenvalue weighted by Crippen LogP contribution is -2.45. The van der Waals surface area contributed by atoms with Crippen molar-refractivity contribution in [2.75, 3.05) is 18.9 Å². The topological polar surface area (TPSA) is 99.7 Å². The van der Waals surface area contributed by atoms with Crippen LogP contribution in [0.25, 0.3) is 0 Å². The number of halogens is 3. The molecule has 1 aromatic heterocycles. The fourth-order valence-electron chi connectivity index (χ4n) is 2.17. The molecule has 1 aliphatic rings. The van der Waals surface area contributed by atoms with Gasteiger partial charge < -0.3 is 20.6 Å². The molecule has 0 amide bonds. The molecule has 24 heavy (non-hydrogen) atoms. The standard InChI is InChI=1S/C11H12F3N3O.C4H5NO/c12-8-2-1-6(15)3-7(8)11(10(13)14)5-18-4-9(16)17-11;1-4-5-2-3-6-4/h1-3,10H,4-5,15H2,(H2,16,17);2-3H,1H3/t11-;/m0./s1. The normalized spacial score (nSPS) is 20.3. The van der Waals surface area contributed by atoms with Crippen LogP contribution in [0.15, 0.2) is 40.1 Å². The van der Waals surface area contributed by atoms with Crippen molar-refractivity contribution in [2.45, 2.75) is 18.9 Å². The summed E-state index contributed by atoms with van der Waals surface area (Å²) < 4.78 is 50.0. The number of nitrogen functional groups attached to an aromatic ring is 1. The molecule has 2 aromatic rings. The number of nitrogens with two attached hydrogens (primary N) is 2. The lowest BCUT2D eigenvalue weighted by molar-refractivity contribution is -0.0145. The van der Waals surface area contributed by atoms with Gasteiger partial charge in [-0.05, 0) is 18.2 Å². The third kappa shape index (κ3) is 3.85. The molecular weight excluding hydrogens is 325 g/mol. The molecule has 0 unspecified atom stereocenters. The monoisotopic (exact) mass is 342 g/mol. The highest BCUT2D eigenvalue weighted by Gasteiger charge is 2.46. The minimum absolute atomic E-state index is 0.0432. The van der Waals surface area contributed by atoms with Gasteiger partial charge in [0.2, 0.25) is 0 Å². The van der Waals surface area contributed by atoms with Crippen LogP contribution >= 0.6 is 0 Å². The molecule has 130 valence electrons. The zero-order valence-corrected chi connectivity index (χ0v) is 12.9. The molecule has 1 aliphatic heterocycles. The van der Waals surface area contributed by atoms with Crippen molar-refractivity contribution in [1.82, 2.24) is 4.98 Å². The number of aryl methyl sites for hydroxylation is 1. The maximum Gasteiger partial charge on any atom is 0.269 e. The number of oxazole rings is 1. The summed E-state index contributed by atoms with van der Waals surface area (Å²) in [6.07, 6.45) is 0.220. The van der Waals surface area contributed by atoms with Crippen molar-refractivity contribution >= 4 is 11.5 Å². The molecule has 1 aromatic carbocycles. The number of alkyl halides is 2. The molecular formula is C15H17F3N4O2. The molecule has 2 heterocycles. The quantitative estimate of drug-likeness (QED) is 0.815. The van der Waals surface area contributed by atoms with Gasteiger partial charge in [-0.25, -0.2) is 18.2 Å². The number of aromatic nitrogens is 1. The fourth-order valence-corrected chi connectivity index (χ4v) is 2.17. The van der Waals surface area contributed by atoms with Gasteiger partial charge in [0.05, 0.1) is 12.8 Å². The Balaban J connectivity index is 0.000000292. The Labute approximate surface area is 136 Å². The van der Waals surface area contributed by atoms with E-state index in [9.17, 15) is 13.2 Å². The third-order valence-corrected chi connectivity index (χ3v) is 3.29. The largest absolute Gasteiger partial charge is 0.449 e. The van der Waals surface area contributed by atoms with Crippen LogP contribution in [0.1, 0.15) is 11.5 Å². The SMILES string of the molecule is Cc1ncco1.NC1=N[C@@](c2cc(N)ccc2F)(C(F)F)COC1. The maximum absolute atomic E-state index is 13.7. The summed E-state index contributed by atoms with van der Waals surface area (Å²) >= 11 is 0. The average molecular weight is 342 g/mol. The van der Waals surface area contributed by atoms with E-state index in [1.54, 1.807) is 19.4 Å². The first-order valence-corrected chi connectivity index (χ1v) is 6.97. The molecule has 1 atom stereocenters. The van der Waals surface area contributed by atoms with E-state index < -0.39 is 24.4 Å². The molecule has 3 rings (SSSR count). The lowest BCUT2D eigenvalue weighted by Gasteiger charge is -2.33. The Morgan fingerprint density at radius 2 is 2.04 bits per heavy atom. The van der Waals surface area contributed by atoms with Crippen LogP contribution in [0.5, 0.6) is 0 Å². The van der Waals surface area contributed by atoms with Gasteiger partial charge in [0.15, 0.2) is 11.4 Å². The smallest absolute Gasteiger partial charge is 0.269 e. The van der Waals surface area contributed by atoms with Gasteiger partial charge in [0.25, 0.3) is 6.43 Å². The number of nitrogens with zero attached hydrogens (tertiary/aromatic N) is 2. The zero-order valence-electron chi connectivity index (χ0n) is 12.9. The summed E-state index contributed by atoms with van der Waals surface area (Å²) in [5, 5.41) is 0. The summed E-state index contributed by atoms with van der Waals surface area (Å²) in [7, 11) is 0. The van der Waals surface area contributed by atoms with Gasteiger partial charge in [-0.3, -0.25) is 4.99 Å². The van der Waals surface area contributed by atoms with Crippen LogP contribution in [-0.2, 0) is 10.3 Å². The summed E-state index contributed by atoms with van der Waals surface area (Å²) in [5.74, 6) is -0.190. The van der Waals surface area contributed by atoms with E-state index in [-0.39, 0.29) is 23.7 Å². The van der Waals surface area contributed by atoms with Gasteiger partial charge in [0.1, 0.15) is 24.5 Å². The molecule has 0 spiro atoms. The lowest BCUT2D eigenvalue weighted by atomic mass is 9.90. The molecule has 9 heteroatoms. The molecule has 0 saturated heterocycles. The number of anilines is 1. The van der Waals surface area contributed by atoms with E-state index in [1.165, 1.54) is 6.07 Å². The van der Waals surface area contributed by atoms with Crippen molar-refractivity contribution in [1.29, 1.82) is 0 Å². The first kappa shape index (κ1) is 17.8. The molecule has 6 nitrogen and oxygen atoms in total. The molecule has 0 fully saturated rings. The Kier molecular flexibility index (Phi) is 5.45. The van der Waals surface area contributed by atoms with Crippen molar-refractivity contribution in [3.05, 3.63) is 47.9 Å². The van der Waals surface area contributed by atoms with E-state index in [1.807, 2.05) is 0 Å². The van der Waals surface area contributed by atoms with Crippen LogP contribution < -0.4 is 11.5 Å². The van der Waals surface area contributed by atoms with E-state index in [0.29, 0.717) is 0 Å². The number of amidine groups is 1. The number of benzene rings is 1. The van der Waals surface area contributed by atoms with Gasteiger partial charge in [0, 0.05) is 18.2 Å². The Morgan fingerprint density at radius 3 is 2.54 bits per heavy atom. The summed E-state index contributed by atoms with van der Waals surface area (Å²) in [4.78, 5) is 7.46. The predicted octanol–water partition coefficient (Wildman–Crippen LogP) is 2.24. The van der Waals surface area contributed by atoms with Gasteiger partial charge in [-0.15, -0.1) is 0 Å². The van der Waals surface area contributed by atoms with Gasteiger partial charge in [-0.1, -0.05) is 0 Å². The predicted molar refractivity (Wildman–Crippen MR) is 82.2 cm³/mol. The summed E-state index contributed by atoms with van der Waals surface area (Å²) in [6, 6.07) is 3.44. The Morgan fingerprint density at radius 1 is 1.29 bits per heavy atom. The fraction of sp³-hybridized carbons (Fsp3) is 0.333. The maximum atomic E-state index is 13.7. The van der Waals surface area contributed by atoms with E-state index in [0.717, 1.165) is 18.0 Å². The van der Waals surface area contributed by atoms with Crippen LogP contribution in [0.4, 0.5) is 18.9 Å². The van der Waals surface area contributed by atoms with E-state index in [2.05, 4.69) is 9.98 Å². The highest BCUT2D eigenvalue weighted by Crippen LogP contribution is 2.37. The second kappa shape index (κ2) is 7.35. The first-order valence-electron chi connectivity index (χ1n) is 6.97. The molecule has 0 aliphatic carbocycles. The van der Waals surface area contributed by atoms with Gasteiger partial charge >= 0.3 is 0 Å². The first-order chi connectivity index (χ1) is 11.3. The van der Waals surface area contributed by atoms with Crippen LogP contribution in [0.3, 0.4) is 0 Å². The molecule has 4 N–H and O–H groups in total. The third-order valence-electron chi connectivity index (χ3n) is 3.29. The number of hydrogen-bond acceptors (Lipinski definition) is 6. The van der Waals surface area contributed by atoms with E-state index >= 15 is 0 Å². The van der Waals surface area contributed by atoms with Crippen LogP contribution in [-0.4, -0.2) is 30.5 Å². The molecule has 0 saturated carbocycles. The van der Waals surface area contributed by atoms with Crippen molar-refractivity contribution < 1.29 is 22.3 Å². The minimum Gasteiger partial charge on any atom is -0.449 e. The second-order valence-electron chi connectivity index (χ2n) is 5.11. The molecule has 0 radical (unpaired) electrons. The molecule has 0 bridgehead atoms. The van der Waals surface area contributed by atoms with Crippen molar-refractivity contribution in [3.63, 3.8) is 0 Å².